The summed E-state index contributed by atoms with van der Waals surface area (Å²) < 4.78 is 0. The molecule has 0 radical (unpaired) electrons. The van der Waals surface area contributed by atoms with E-state index in [4.69, 9.17) is 0 Å². The van der Waals surface area contributed by atoms with E-state index in [0.29, 0.717) is 18.1 Å². The maximum absolute atomic E-state index is 13.6. The quantitative estimate of drug-likeness (QED) is 0.416. The minimum absolute atomic E-state index is 0.206. The van der Waals surface area contributed by atoms with Crippen LogP contribution in [0.1, 0.15) is 38.8 Å². The van der Waals surface area contributed by atoms with Crippen molar-refractivity contribution < 1.29 is 14.4 Å². The van der Waals surface area contributed by atoms with E-state index in [1.165, 1.54) is 4.90 Å². The molecule has 1 N–H and O–H groups in total. The smallest absolute Gasteiger partial charge is 0.332 e. The maximum atomic E-state index is 13.6. The zero-order valence-corrected chi connectivity index (χ0v) is 20.7. The molecule has 0 atom stereocenters. The lowest BCUT2D eigenvalue weighted by molar-refractivity contribution is -0.123. The SMILES string of the molecule is CC1(C)CN(C=O)c2cc(N3C(=O)N(Cc4ccnc(Nc5cccnc5)c4)C(C)(C)C3=O)ccc21. The summed E-state index contributed by atoms with van der Waals surface area (Å²) >= 11 is 0. The normalized spacial score (nSPS) is 17.9. The molecule has 0 unspecified atom stereocenters. The van der Waals surface area contributed by atoms with Gasteiger partial charge in [-0.25, -0.2) is 14.7 Å². The van der Waals surface area contributed by atoms with Gasteiger partial charge in [0, 0.05) is 36.6 Å². The third-order valence-corrected chi connectivity index (χ3v) is 6.89. The number of urea groups is 1. The van der Waals surface area contributed by atoms with Gasteiger partial charge in [-0.15, -0.1) is 0 Å². The van der Waals surface area contributed by atoms with Gasteiger partial charge in [0.25, 0.3) is 5.91 Å². The lowest BCUT2D eigenvalue weighted by Gasteiger charge is -2.27. The molecule has 4 amide bonds. The van der Waals surface area contributed by atoms with E-state index in [1.54, 1.807) is 54.4 Å². The van der Waals surface area contributed by atoms with E-state index < -0.39 is 11.6 Å². The van der Waals surface area contributed by atoms with Gasteiger partial charge in [-0.05, 0) is 61.4 Å². The Morgan fingerprint density at radius 1 is 1.06 bits per heavy atom. The number of hydrogen-bond acceptors (Lipinski definition) is 6. The molecule has 184 valence electrons. The Labute approximate surface area is 209 Å². The number of pyridine rings is 2. The molecule has 4 heterocycles. The molecule has 5 rings (SSSR count). The number of fused-ring (bicyclic) bond motifs is 1. The van der Waals surface area contributed by atoms with Gasteiger partial charge in [-0.1, -0.05) is 19.9 Å². The van der Waals surface area contributed by atoms with Gasteiger partial charge < -0.3 is 15.1 Å². The van der Waals surface area contributed by atoms with Crippen LogP contribution in [0.5, 0.6) is 0 Å². The molecule has 0 saturated carbocycles. The molecule has 0 spiro atoms. The highest BCUT2D eigenvalue weighted by atomic mass is 16.2. The highest BCUT2D eigenvalue weighted by Gasteiger charge is 2.52. The molecule has 1 saturated heterocycles. The van der Waals surface area contributed by atoms with Crippen molar-refractivity contribution in [2.75, 3.05) is 21.7 Å². The fraction of sp³-hybridized carbons (Fsp3) is 0.296. The largest absolute Gasteiger partial charge is 0.339 e. The van der Waals surface area contributed by atoms with E-state index >= 15 is 0 Å². The van der Waals surface area contributed by atoms with Gasteiger partial charge in [0.15, 0.2) is 0 Å². The Morgan fingerprint density at radius 3 is 2.58 bits per heavy atom. The first-order valence-electron chi connectivity index (χ1n) is 11.8. The Balaban J connectivity index is 1.42. The third-order valence-electron chi connectivity index (χ3n) is 6.89. The average molecular weight is 485 g/mol. The van der Waals surface area contributed by atoms with Crippen LogP contribution in [0.4, 0.5) is 27.7 Å². The molecule has 2 aliphatic heterocycles. The van der Waals surface area contributed by atoms with Crippen molar-refractivity contribution in [3.63, 3.8) is 0 Å². The summed E-state index contributed by atoms with van der Waals surface area (Å²) in [5.41, 5.74) is 2.56. The highest BCUT2D eigenvalue weighted by molar-refractivity contribution is 6.23. The summed E-state index contributed by atoms with van der Waals surface area (Å²) in [6.07, 6.45) is 5.85. The van der Waals surface area contributed by atoms with Gasteiger partial charge in [0.2, 0.25) is 6.41 Å². The number of hydrogen-bond donors (Lipinski definition) is 1. The van der Waals surface area contributed by atoms with Crippen LogP contribution in [0.3, 0.4) is 0 Å². The van der Waals surface area contributed by atoms with E-state index in [2.05, 4.69) is 29.1 Å². The molecule has 36 heavy (non-hydrogen) atoms. The summed E-state index contributed by atoms with van der Waals surface area (Å²) in [6.45, 7) is 8.41. The van der Waals surface area contributed by atoms with Crippen LogP contribution in [0.25, 0.3) is 0 Å². The van der Waals surface area contributed by atoms with Crippen LogP contribution in [0.2, 0.25) is 0 Å². The summed E-state index contributed by atoms with van der Waals surface area (Å²) in [7, 11) is 0. The second-order valence-electron chi connectivity index (χ2n) is 10.3. The Morgan fingerprint density at radius 2 is 1.86 bits per heavy atom. The summed E-state index contributed by atoms with van der Waals surface area (Å²) in [5, 5.41) is 3.20. The fourth-order valence-corrected chi connectivity index (χ4v) is 4.90. The summed E-state index contributed by atoms with van der Waals surface area (Å²) in [6, 6.07) is 12.4. The number of anilines is 4. The molecule has 0 aliphatic carbocycles. The number of rotatable bonds is 6. The second kappa shape index (κ2) is 8.44. The van der Waals surface area contributed by atoms with E-state index in [1.807, 2.05) is 30.3 Å². The van der Waals surface area contributed by atoms with E-state index in [9.17, 15) is 14.4 Å². The summed E-state index contributed by atoms with van der Waals surface area (Å²) in [4.78, 5) is 51.6. The van der Waals surface area contributed by atoms with Gasteiger partial charge in [0.1, 0.15) is 11.4 Å². The molecule has 1 aromatic carbocycles. The van der Waals surface area contributed by atoms with Gasteiger partial charge in [-0.2, -0.15) is 0 Å². The predicted molar refractivity (Wildman–Crippen MR) is 137 cm³/mol. The number of amides is 4. The highest BCUT2D eigenvalue weighted by Crippen LogP contribution is 2.43. The number of carbonyl (C=O) groups is 3. The predicted octanol–water partition coefficient (Wildman–Crippen LogP) is 4.22. The van der Waals surface area contributed by atoms with Crippen molar-refractivity contribution in [3.8, 4) is 0 Å². The van der Waals surface area contributed by atoms with Crippen LogP contribution in [-0.4, -0.2) is 45.3 Å². The van der Waals surface area contributed by atoms with Crippen molar-refractivity contribution >= 4 is 41.2 Å². The average Bonchev–Trinajstić information content (AvgIpc) is 3.21. The molecule has 2 aromatic heterocycles. The molecule has 3 aromatic rings. The lowest BCUT2D eigenvalue weighted by Crippen LogP contribution is -2.43. The van der Waals surface area contributed by atoms with Gasteiger partial charge in [0.05, 0.1) is 17.6 Å². The maximum Gasteiger partial charge on any atom is 0.332 e. The number of benzene rings is 1. The topological polar surface area (TPSA) is 98.7 Å². The monoisotopic (exact) mass is 484 g/mol. The standard InChI is InChI=1S/C27H28N6O3/c1-26(2)16-31(17-34)22-13-20(7-8-21(22)26)33-24(35)27(3,4)32(25(33)36)15-18-9-11-29-23(12-18)30-19-6-5-10-28-14-19/h5-14,17H,15-16H2,1-4H3,(H,29,30). The number of aromatic nitrogens is 2. The number of imide groups is 1. The zero-order chi connectivity index (χ0) is 25.7. The van der Waals surface area contributed by atoms with Crippen LogP contribution in [0.15, 0.2) is 61.1 Å². The van der Waals surface area contributed by atoms with Crippen molar-refractivity contribution in [1.29, 1.82) is 0 Å². The first-order chi connectivity index (χ1) is 17.1. The Bertz CT molecular complexity index is 1350. The molecule has 9 heteroatoms. The fourth-order valence-electron chi connectivity index (χ4n) is 4.90. The van der Waals surface area contributed by atoms with E-state index in [0.717, 1.165) is 28.9 Å². The van der Waals surface area contributed by atoms with Gasteiger partial charge >= 0.3 is 6.03 Å². The number of carbonyl (C=O) groups excluding carboxylic acids is 3. The Kier molecular flexibility index (Phi) is 5.50. The van der Waals surface area contributed by atoms with Crippen molar-refractivity contribution in [1.82, 2.24) is 14.9 Å². The number of nitrogens with one attached hydrogen (secondary N) is 1. The molecule has 2 aliphatic rings. The van der Waals surface area contributed by atoms with Crippen LogP contribution in [-0.2, 0) is 21.5 Å². The number of nitrogens with zero attached hydrogens (tertiary/aromatic N) is 5. The molecular formula is C27H28N6O3. The van der Waals surface area contributed by atoms with E-state index in [-0.39, 0.29) is 17.9 Å². The molecular weight excluding hydrogens is 456 g/mol. The first-order valence-corrected chi connectivity index (χ1v) is 11.8. The third kappa shape index (κ3) is 3.86. The van der Waals surface area contributed by atoms with Gasteiger partial charge in [-0.3, -0.25) is 14.6 Å². The zero-order valence-electron chi connectivity index (χ0n) is 20.7. The van der Waals surface area contributed by atoms with Crippen molar-refractivity contribution in [3.05, 3.63) is 72.2 Å². The molecule has 1 fully saturated rings. The second-order valence-corrected chi connectivity index (χ2v) is 10.3. The van der Waals surface area contributed by atoms with Crippen LogP contribution in [0, 0.1) is 0 Å². The summed E-state index contributed by atoms with van der Waals surface area (Å²) in [5.74, 6) is 0.299. The van der Waals surface area contributed by atoms with Crippen molar-refractivity contribution in [2.24, 2.45) is 0 Å². The Hall–Kier alpha value is -4.27. The molecule has 0 bridgehead atoms. The van der Waals surface area contributed by atoms with Crippen LogP contribution >= 0.6 is 0 Å². The lowest BCUT2D eigenvalue weighted by atomic mass is 9.87. The first kappa shape index (κ1) is 23.5. The van der Waals surface area contributed by atoms with Crippen LogP contribution < -0.4 is 15.1 Å². The van der Waals surface area contributed by atoms with Crippen molar-refractivity contribution in [2.45, 2.75) is 45.2 Å². The minimum atomic E-state index is -1.06. The molecule has 9 nitrogen and oxygen atoms in total. The minimum Gasteiger partial charge on any atom is -0.339 e.